The van der Waals surface area contributed by atoms with Crippen molar-refractivity contribution < 1.29 is 10.2 Å². The fourth-order valence-corrected chi connectivity index (χ4v) is 6.06. The number of hydrogen-bond acceptors (Lipinski definition) is 6. The minimum atomic E-state index is -0.971. The van der Waals surface area contributed by atoms with E-state index >= 15 is 0 Å². The predicted molar refractivity (Wildman–Crippen MR) is 154 cm³/mol. The standard InChI is InChI=1S/C33H34N4O2/c1-32(2,38)24-13-14-28(35-18-24)27-15-16-37(20-33(27,3)39)29-19-36-31-25(22-9-7-21(17-34)8-10-22)5-4-6-26(31)30(29)23-11-12-23/h4-10,13-14,18-19,23,27,38-39H,11-12,15-16,20H2,1-3H3. The SMILES string of the molecule is CC(C)(O)c1ccc(C2CCN(c3cnc4c(-c5ccc(C#N)cc5)cccc4c3C3CC3)CC2(C)O)nc1. The summed E-state index contributed by atoms with van der Waals surface area (Å²) >= 11 is 0. The molecule has 0 amide bonds. The first-order valence-electron chi connectivity index (χ1n) is 13.7. The highest BCUT2D eigenvalue weighted by molar-refractivity contribution is 5.98. The highest BCUT2D eigenvalue weighted by Gasteiger charge is 2.41. The van der Waals surface area contributed by atoms with Gasteiger partial charge in [-0.1, -0.05) is 36.4 Å². The second-order valence-electron chi connectivity index (χ2n) is 11.9. The Hall–Kier alpha value is -3.79. The van der Waals surface area contributed by atoms with E-state index in [1.807, 2.05) is 49.5 Å². The number of nitriles is 1. The molecule has 4 aromatic rings. The first-order valence-corrected chi connectivity index (χ1v) is 13.7. The Morgan fingerprint density at radius 2 is 1.77 bits per heavy atom. The minimum Gasteiger partial charge on any atom is -0.388 e. The molecule has 6 rings (SSSR count). The Morgan fingerprint density at radius 1 is 1.00 bits per heavy atom. The summed E-state index contributed by atoms with van der Waals surface area (Å²) in [6.07, 6.45) is 6.82. The van der Waals surface area contributed by atoms with Crippen molar-refractivity contribution in [3.63, 3.8) is 0 Å². The number of para-hydroxylation sites is 1. The number of β-amino-alcohol motifs (C(OH)–C–C–N with tert-alkyl or cyclic N) is 1. The number of fused-ring (bicyclic) bond motifs is 1. The molecule has 6 nitrogen and oxygen atoms in total. The van der Waals surface area contributed by atoms with Gasteiger partial charge in [0, 0.05) is 47.4 Å². The number of nitrogens with zero attached hydrogens (tertiary/aromatic N) is 4. The molecule has 2 aromatic carbocycles. The highest BCUT2D eigenvalue weighted by atomic mass is 16.3. The topological polar surface area (TPSA) is 93.3 Å². The van der Waals surface area contributed by atoms with Crippen molar-refractivity contribution in [3.8, 4) is 17.2 Å². The van der Waals surface area contributed by atoms with Crippen LogP contribution in [0.3, 0.4) is 0 Å². The van der Waals surface area contributed by atoms with Crippen LogP contribution >= 0.6 is 0 Å². The average Bonchev–Trinajstić information content (AvgIpc) is 3.76. The van der Waals surface area contributed by atoms with Gasteiger partial charge in [-0.15, -0.1) is 0 Å². The van der Waals surface area contributed by atoms with E-state index < -0.39 is 11.2 Å². The Bertz CT molecular complexity index is 1560. The van der Waals surface area contributed by atoms with Gasteiger partial charge in [0.15, 0.2) is 0 Å². The fraction of sp³-hybridized carbons (Fsp3) is 0.364. The number of piperidine rings is 1. The molecule has 198 valence electrons. The summed E-state index contributed by atoms with van der Waals surface area (Å²) in [5.74, 6) is 0.408. The van der Waals surface area contributed by atoms with Crippen molar-refractivity contribution >= 4 is 16.6 Å². The van der Waals surface area contributed by atoms with Crippen LogP contribution in [0, 0.1) is 11.3 Å². The largest absolute Gasteiger partial charge is 0.388 e. The van der Waals surface area contributed by atoms with Crippen LogP contribution in [0.1, 0.15) is 74.3 Å². The maximum absolute atomic E-state index is 11.7. The molecule has 2 aromatic heterocycles. The van der Waals surface area contributed by atoms with E-state index in [0.29, 0.717) is 18.0 Å². The van der Waals surface area contributed by atoms with E-state index in [9.17, 15) is 15.5 Å². The van der Waals surface area contributed by atoms with Gasteiger partial charge in [0.25, 0.3) is 0 Å². The molecular weight excluding hydrogens is 484 g/mol. The lowest BCUT2D eigenvalue weighted by atomic mass is 9.79. The van der Waals surface area contributed by atoms with Crippen molar-refractivity contribution in [3.05, 3.63) is 89.4 Å². The summed E-state index contributed by atoms with van der Waals surface area (Å²) in [6.45, 7) is 6.71. The van der Waals surface area contributed by atoms with Gasteiger partial charge in [0.2, 0.25) is 0 Å². The molecule has 1 aliphatic heterocycles. The number of pyridine rings is 2. The fourth-order valence-electron chi connectivity index (χ4n) is 6.06. The van der Waals surface area contributed by atoms with E-state index in [1.54, 1.807) is 20.0 Å². The van der Waals surface area contributed by atoms with Gasteiger partial charge in [-0.05, 0) is 75.3 Å². The lowest BCUT2D eigenvalue weighted by Crippen LogP contribution is -2.51. The van der Waals surface area contributed by atoms with Gasteiger partial charge in [-0.3, -0.25) is 9.97 Å². The molecule has 2 aliphatic rings. The summed E-state index contributed by atoms with van der Waals surface area (Å²) in [6, 6.07) is 20.1. The molecule has 0 spiro atoms. The Labute approximate surface area is 229 Å². The van der Waals surface area contributed by atoms with Gasteiger partial charge in [0.1, 0.15) is 0 Å². The molecular formula is C33H34N4O2. The number of aliphatic hydroxyl groups is 2. The normalized spacial score (nSPS) is 21.6. The molecule has 2 N–H and O–H groups in total. The molecule has 39 heavy (non-hydrogen) atoms. The van der Waals surface area contributed by atoms with Crippen LogP contribution < -0.4 is 4.90 Å². The van der Waals surface area contributed by atoms with Crippen LogP contribution in [-0.4, -0.2) is 38.9 Å². The third kappa shape index (κ3) is 4.78. The highest BCUT2D eigenvalue weighted by Crippen LogP contribution is 2.49. The zero-order valence-electron chi connectivity index (χ0n) is 22.7. The first-order chi connectivity index (χ1) is 18.7. The van der Waals surface area contributed by atoms with Crippen LogP contribution in [0.5, 0.6) is 0 Å². The van der Waals surface area contributed by atoms with Crippen molar-refractivity contribution in [2.24, 2.45) is 0 Å². The molecule has 3 heterocycles. The second-order valence-corrected chi connectivity index (χ2v) is 11.9. The number of rotatable bonds is 5. The van der Waals surface area contributed by atoms with Crippen molar-refractivity contribution in [1.82, 2.24) is 9.97 Å². The Kier molecular flexibility index (Phi) is 6.17. The summed E-state index contributed by atoms with van der Waals surface area (Å²) in [5, 5.41) is 32.3. The smallest absolute Gasteiger partial charge is 0.0991 e. The van der Waals surface area contributed by atoms with Crippen molar-refractivity contribution in [1.29, 1.82) is 5.26 Å². The maximum Gasteiger partial charge on any atom is 0.0991 e. The lowest BCUT2D eigenvalue weighted by molar-refractivity contribution is 0.0212. The van der Waals surface area contributed by atoms with Crippen LogP contribution in [0.15, 0.2) is 67.0 Å². The van der Waals surface area contributed by atoms with Gasteiger partial charge in [0.05, 0.1) is 40.2 Å². The predicted octanol–water partition coefficient (Wildman–Crippen LogP) is 6.02. The molecule has 2 fully saturated rings. The van der Waals surface area contributed by atoms with Gasteiger partial charge >= 0.3 is 0 Å². The molecule has 1 saturated heterocycles. The lowest BCUT2D eigenvalue weighted by Gasteiger charge is -2.44. The van der Waals surface area contributed by atoms with Crippen molar-refractivity contribution in [2.45, 2.75) is 63.1 Å². The molecule has 2 atom stereocenters. The monoisotopic (exact) mass is 518 g/mol. The Morgan fingerprint density at radius 3 is 2.38 bits per heavy atom. The second kappa shape index (κ2) is 9.44. The number of hydrogen-bond donors (Lipinski definition) is 2. The van der Waals surface area contributed by atoms with Gasteiger partial charge in [-0.25, -0.2) is 0 Å². The Balaban J connectivity index is 1.33. The van der Waals surface area contributed by atoms with E-state index in [2.05, 4.69) is 34.2 Å². The number of aromatic nitrogens is 2. The summed E-state index contributed by atoms with van der Waals surface area (Å²) in [7, 11) is 0. The molecule has 1 aliphatic carbocycles. The first kappa shape index (κ1) is 25.5. The summed E-state index contributed by atoms with van der Waals surface area (Å²) < 4.78 is 0. The summed E-state index contributed by atoms with van der Waals surface area (Å²) in [4.78, 5) is 11.9. The van der Waals surface area contributed by atoms with Crippen LogP contribution in [0.2, 0.25) is 0 Å². The zero-order chi connectivity index (χ0) is 27.4. The van der Waals surface area contributed by atoms with Gasteiger partial charge in [-0.2, -0.15) is 5.26 Å². The zero-order valence-corrected chi connectivity index (χ0v) is 22.7. The molecule has 0 bridgehead atoms. The molecule has 1 saturated carbocycles. The van der Waals surface area contributed by atoms with Crippen LogP contribution in [0.25, 0.3) is 22.0 Å². The summed E-state index contributed by atoms with van der Waals surface area (Å²) in [5.41, 5.74) is 5.89. The third-order valence-corrected chi connectivity index (χ3v) is 8.37. The van der Waals surface area contributed by atoms with Crippen LogP contribution in [0.4, 0.5) is 5.69 Å². The quantitative estimate of drug-likeness (QED) is 0.336. The molecule has 0 radical (unpaired) electrons. The third-order valence-electron chi connectivity index (χ3n) is 8.37. The number of anilines is 1. The molecule has 6 heteroatoms. The maximum atomic E-state index is 11.7. The van der Waals surface area contributed by atoms with E-state index in [1.165, 1.54) is 10.9 Å². The van der Waals surface area contributed by atoms with E-state index in [4.69, 9.17) is 4.98 Å². The minimum absolute atomic E-state index is 0.0922. The number of benzene rings is 2. The van der Waals surface area contributed by atoms with Crippen molar-refractivity contribution in [2.75, 3.05) is 18.0 Å². The average molecular weight is 519 g/mol. The molecule has 2 unspecified atom stereocenters. The van der Waals surface area contributed by atoms with E-state index in [0.717, 1.165) is 59.4 Å². The van der Waals surface area contributed by atoms with E-state index in [-0.39, 0.29) is 5.92 Å². The van der Waals surface area contributed by atoms with Gasteiger partial charge < -0.3 is 15.1 Å². The van der Waals surface area contributed by atoms with Crippen LogP contribution in [-0.2, 0) is 5.60 Å².